The zero-order chi connectivity index (χ0) is 21.9. The van der Waals surface area contributed by atoms with E-state index in [1.807, 2.05) is 6.07 Å². The highest BCUT2D eigenvalue weighted by Gasteiger charge is 2.31. The lowest BCUT2D eigenvalue weighted by atomic mass is 10.0. The number of ether oxygens (including phenoxy) is 2. The minimum absolute atomic E-state index is 0.0859. The summed E-state index contributed by atoms with van der Waals surface area (Å²) in [5, 5.41) is 18.9. The van der Waals surface area contributed by atoms with Crippen molar-refractivity contribution in [2.45, 2.75) is 57.6 Å². The van der Waals surface area contributed by atoms with Crippen LogP contribution in [0.25, 0.3) is 0 Å². The Balaban J connectivity index is 2.69. The molecule has 0 saturated carbocycles. The number of carbonyl (C=O) groups excluding carboxylic acids is 2. The number of amides is 1. The standard InChI is InChI=1S/C21H28FN3O4/c1-21(2,28-3)20(27)25-18(10-5-4-8-16(24)11-12-23)19(26)14-29-17-9-6-7-15(22)13-17/h6-7,9,13,18,24H,4-5,8,10-11,14H2,1-3H3,(H,25,27)/t18-/m0/s1. The number of nitriles is 1. The molecule has 0 aliphatic heterocycles. The van der Waals surface area contributed by atoms with Crippen molar-refractivity contribution in [1.29, 1.82) is 10.7 Å². The van der Waals surface area contributed by atoms with Crippen LogP contribution in [0.1, 0.15) is 46.0 Å². The third-order valence-corrected chi connectivity index (χ3v) is 4.44. The molecule has 0 heterocycles. The first-order chi connectivity index (χ1) is 13.7. The Hall–Kier alpha value is -2.79. The number of carbonyl (C=O) groups is 2. The summed E-state index contributed by atoms with van der Waals surface area (Å²) in [4.78, 5) is 25.0. The summed E-state index contributed by atoms with van der Waals surface area (Å²) in [6.07, 6.45) is 2.11. The predicted molar refractivity (Wildman–Crippen MR) is 106 cm³/mol. The van der Waals surface area contributed by atoms with E-state index in [1.54, 1.807) is 19.9 Å². The summed E-state index contributed by atoms with van der Waals surface area (Å²) in [7, 11) is 1.41. The van der Waals surface area contributed by atoms with Gasteiger partial charge >= 0.3 is 0 Å². The van der Waals surface area contributed by atoms with E-state index in [2.05, 4.69) is 5.32 Å². The van der Waals surface area contributed by atoms with Crippen LogP contribution in [0.5, 0.6) is 5.75 Å². The van der Waals surface area contributed by atoms with Gasteiger partial charge in [0.25, 0.3) is 5.91 Å². The van der Waals surface area contributed by atoms with Gasteiger partial charge in [0.2, 0.25) is 0 Å². The maximum atomic E-state index is 13.2. The van der Waals surface area contributed by atoms with Gasteiger partial charge in [-0.25, -0.2) is 4.39 Å². The molecule has 0 radical (unpaired) electrons. The molecule has 1 amide bonds. The number of nitrogens with zero attached hydrogens (tertiary/aromatic N) is 1. The fourth-order valence-corrected chi connectivity index (χ4v) is 2.42. The van der Waals surface area contributed by atoms with Gasteiger partial charge < -0.3 is 20.2 Å². The Morgan fingerprint density at radius 1 is 1.34 bits per heavy atom. The molecular weight excluding hydrogens is 377 g/mol. The maximum absolute atomic E-state index is 13.2. The third-order valence-electron chi connectivity index (χ3n) is 4.44. The van der Waals surface area contributed by atoms with Crippen LogP contribution in [0.4, 0.5) is 4.39 Å². The molecular formula is C21H28FN3O4. The van der Waals surface area contributed by atoms with E-state index in [0.717, 1.165) is 0 Å². The summed E-state index contributed by atoms with van der Waals surface area (Å²) >= 11 is 0. The molecule has 2 N–H and O–H groups in total. The van der Waals surface area contributed by atoms with Gasteiger partial charge in [-0.2, -0.15) is 5.26 Å². The van der Waals surface area contributed by atoms with Gasteiger partial charge in [0, 0.05) is 18.9 Å². The van der Waals surface area contributed by atoms with Gasteiger partial charge in [0.05, 0.1) is 18.5 Å². The summed E-state index contributed by atoms with van der Waals surface area (Å²) in [5.74, 6) is -1.02. The molecule has 1 aromatic carbocycles. The van der Waals surface area contributed by atoms with E-state index >= 15 is 0 Å². The minimum Gasteiger partial charge on any atom is -0.486 e. The number of unbranched alkanes of at least 4 members (excludes halogenated alkanes) is 1. The predicted octanol–water partition coefficient (Wildman–Crippen LogP) is 3.18. The second-order valence-corrected chi connectivity index (χ2v) is 7.14. The average molecular weight is 405 g/mol. The third kappa shape index (κ3) is 8.83. The molecule has 0 fully saturated rings. The lowest BCUT2D eigenvalue weighted by Crippen LogP contribution is -2.51. The highest BCUT2D eigenvalue weighted by molar-refractivity contribution is 5.92. The van der Waals surface area contributed by atoms with Gasteiger partial charge in [0.1, 0.15) is 23.8 Å². The first kappa shape index (κ1) is 24.2. The van der Waals surface area contributed by atoms with Crippen LogP contribution >= 0.6 is 0 Å². The van der Waals surface area contributed by atoms with Crippen LogP contribution in [0.3, 0.4) is 0 Å². The topological polar surface area (TPSA) is 112 Å². The minimum atomic E-state index is -1.10. The van der Waals surface area contributed by atoms with Crippen molar-refractivity contribution in [2.75, 3.05) is 13.7 Å². The molecule has 0 saturated heterocycles. The van der Waals surface area contributed by atoms with Crippen LogP contribution in [0.2, 0.25) is 0 Å². The second kappa shape index (κ2) is 11.9. The van der Waals surface area contributed by atoms with Crippen LogP contribution in [0, 0.1) is 22.6 Å². The van der Waals surface area contributed by atoms with E-state index in [-0.39, 0.29) is 24.6 Å². The van der Waals surface area contributed by atoms with Gasteiger partial charge in [-0.1, -0.05) is 12.5 Å². The quantitative estimate of drug-likeness (QED) is 0.387. The average Bonchev–Trinajstić information content (AvgIpc) is 2.68. The van der Waals surface area contributed by atoms with E-state index in [9.17, 15) is 14.0 Å². The van der Waals surface area contributed by atoms with Gasteiger partial charge in [-0.05, 0) is 45.2 Å². The Bertz CT molecular complexity index is 759. The Labute approximate surface area is 170 Å². The van der Waals surface area contributed by atoms with Crippen molar-refractivity contribution in [1.82, 2.24) is 5.32 Å². The van der Waals surface area contributed by atoms with Crippen molar-refractivity contribution in [3.05, 3.63) is 30.1 Å². The van der Waals surface area contributed by atoms with Crippen LogP contribution in [0.15, 0.2) is 24.3 Å². The second-order valence-electron chi connectivity index (χ2n) is 7.14. The largest absolute Gasteiger partial charge is 0.486 e. The van der Waals surface area contributed by atoms with Crippen molar-refractivity contribution in [2.24, 2.45) is 0 Å². The molecule has 0 spiro atoms. The van der Waals surface area contributed by atoms with Crippen molar-refractivity contribution in [3.8, 4) is 11.8 Å². The van der Waals surface area contributed by atoms with Crippen molar-refractivity contribution < 1.29 is 23.5 Å². The zero-order valence-electron chi connectivity index (χ0n) is 17.1. The Morgan fingerprint density at radius 3 is 2.69 bits per heavy atom. The SMILES string of the molecule is COC(C)(C)C(=O)N[C@@H](CCCCC(=N)CC#N)C(=O)COc1cccc(F)c1. The summed E-state index contributed by atoms with van der Waals surface area (Å²) in [6, 6.07) is 6.60. The molecule has 0 aliphatic rings. The monoisotopic (exact) mass is 405 g/mol. The molecule has 158 valence electrons. The fourth-order valence-electron chi connectivity index (χ4n) is 2.42. The molecule has 1 rings (SSSR count). The lowest BCUT2D eigenvalue weighted by molar-refractivity contribution is -0.142. The van der Waals surface area contributed by atoms with Crippen molar-refractivity contribution >= 4 is 17.4 Å². The number of rotatable bonds is 13. The number of benzene rings is 1. The molecule has 7 nitrogen and oxygen atoms in total. The molecule has 1 atom stereocenters. The molecule has 1 aromatic rings. The van der Waals surface area contributed by atoms with Crippen molar-refractivity contribution in [3.63, 3.8) is 0 Å². The van der Waals surface area contributed by atoms with Crippen LogP contribution in [-0.4, -0.2) is 42.8 Å². The number of Topliss-reactive ketones (excluding diaryl/α,β-unsaturated/α-hetero) is 1. The summed E-state index contributed by atoms with van der Waals surface area (Å²) in [5.41, 5.74) is -0.758. The van der Waals surface area contributed by atoms with E-state index < -0.39 is 23.4 Å². The number of halogens is 1. The van der Waals surface area contributed by atoms with Gasteiger partial charge in [-0.3, -0.25) is 9.59 Å². The van der Waals surface area contributed by atoms with Gasteiger partial charge in [-0.15, -0.1) is 0 Å². The molecule has 8 heteroatoms. The number of methoxy groups -OCH3 is 1. The Kier molecular flexibility index (Phi) is 9.97. The molecule has 0 unspecified atom stereocenters. The normalized spacial score (nSPS) is 12.0. The number of hydrogen-bond donors (Lipinski definition) is 2. The highest BCUT2D eigenvalue weighted by Crippen LogP contribution is 2.14. The van der Waals surface area contributed by atoms with E-state index in [4.69, 9.17) is 20.1 Å². The van der Waals surface area contributed by atoms with Crippen LogP contribution in [-0.2, 0) is 14.3 Å². The first-order valence-electron chi connectivity index (χ1n) is 9.40. The smallest absolute Gasteiger partial charge is 0.252 e. The summed E-state index contributed by atoms with van der Waals surface area (Å²) in [6.45, 7) is 2.87. The highest BCUT2D eigenvalue weighted by atomic mass is 19.1. The first-order valence-corrected chi connectivity index (χ1v) is 9.40. The van der Waals surface area contributed by atoms with E-state index in [0.29, 0.717) is 31.4 Å². The van der Waals surface area contributed by atoms with E-state index in [1.165, 1.54) is 25.3 Å². The number of nitrogens with one attached hydrogen (secondary N) is 2. The van der Waals surface area contributed by atoms with Crippen LogP contribution < -0.4 is 10.1 Å². The lowest BCUT2D eigenvalue weighted by Gasteiger charge is -2.25. The molecule has 0 aromatic heterocycles. The molecule has 29 heavy (non-hydrogen) atoms. The molecule has 0 bridgehead atoms. The zero-order valence-corrected chi connectivity index (χ0v) is 17.1. The number of hydrogen-bond acceptors (Lipinski definition) is 6. The fraction of sp³-hybridized carbons (Fsp3) is 0.524. The molecule has 0 aliphatic carbocycles. The maximum Gasteiger partial charge on any atom is 0.252 e. The summed E-state index contributed by atoms with van der Waals surface area (Å²) < 4.78 is 23.8. The Morgan fingerprint density at radius 2 is 2.07 bits per heavy atom. The van der Waals surface area contributed by atoms with Gasteiger partial charge in [0.15, 0.2) is 5.78 Å². The number of ketones is 1.